The first-order valence-corrected chi connectivity index (χ1v) is 11.8. The molecule has 0 aromatic carbocycles. The van der Waals surface area contributed by atoms with Gasteiger partial charge in [-0.15, -0.1) is 0 Å². The summed E-state index contributed by atoms with van der Waals surface area (Å²) in [7, 11) is 0. The van der Waals surface area contributed by atoms with Gasteiger partial charge in [-0.2, -0.15) is 0 Å². The van der Waals surface area contributed by atoms with Crippen molar-refractivity contribution in [3.63, 3.8) is 0 Å². The normalized spacial score (nSPS) is 43.1. The van der Waals surface area contributed by atoms with Crippen LogP contribution in [-0.2, 0) is 9.59 Å². The molecule has 2 amide bonds. The number of fused-ring (bicyclic) bond motifs is 1. The topological polar surface area (TPSA) is 69.6 Å². The van der Waals surface area contributed by atoms with Crippen LogP contribution in [0.25, 0.3) is 0 Å². The maximum atomic E-state index is 13.1. The van der Waals surface area contributed by atoms with Gasteiger partial charge in [0.1, 0.15) is 5.82 Å². The zero-order chi connectivity index (χ0) is 20.0. The smallest absolute Gasteiger partial charge is 0.233 e. The summed E-state index contributed by atoms with van der Waals surface area (Å²) in [5.41, 5.74) is 0. The lowest BCUT2D eigenvalue weighted by atomic mass is 9.81. The summed E-state index contributed by atoms with van der Waals surface area (Å²) in [6.45, 7) is 5.66. The zero-order valence-corrected chi connectivity index (χ0v) is 17.3. The van der Waals surface area contributed by atoms with Crippen LogP contribution in [0.15, 0.2) is 18.6 Å². The van der Waals surface area contributed by atoms with Gasteiger partial charge in [0, 0.05) is 45.1 Å². The van der Waals surface area contributed by atoms with E-state index in [4.69, 9.17) is 0 Å². The van der Waals surface area contributed by atoms with Crippen LogP contribution in [0, 0.1) is 47.3 Å². The molecule has 7 nitrogen and oxygen atoms in total. The molecule has 6 bridgehead atoms. The van der Waals surface area contributed by atoms with Crippen molar-refractivity contribution < 1.29 is 9.59 Å². The highest BCUT2D eigenvalue weighted by Gasteiger charge is 2.83. The van der Waals surface area contributed by atoms with Crippen LogP contribution in [0.3, 0.4) is 0 Å². The highest BCUT2D eigenvalue weighted by atomic mass is 16.2. The quantitative estimate of drug-likeness (QED) is 0.520. The van der Waals surface area contributed by atoms with Gasteiger partial charge in [0.05, 0.1) is 18.0 Å². The lowest BCUT2D eigenvalue weighted by molar-refractivity contribution is -0.141. The second kappa shape index (κ2) is 6.25. The molecule has 1 aromatic rings. The Morgan fingerprint density at radius 2 is 1.50 bits per heavy atom. The minimum atomic E-state index is 0.0652. The summed E-state index contributed by atoms with van der Waals surface area (Å²) in [6, 6.07) is 0. The van der Waals surface area contributed by atoms with E-state index in [1.807, 2.05) is 6.20 Å². The third kappa shape index (κ3) is 2.24. The van der Waals surface area contributed by atoms with Gasteiger partial charge in [0.2, 0.25) is 11.8 Å². The molecule has 0 N–H and O–H groups in total. The van der Waals surface area contributed by atoms with Gasteiger partial charge in [-0.25, -0.2) is 4.98 Å². The lowest BCUT2D eigenvalue weighted by Crippen LogP contribution is -2.47. The van der Waals surface area contributed by atoms with Crippen molar-refractivity contribution in [3.8, 4) is 0 Å². The number of anilines is 1. The fraction of sp³-hybridized carbons (Fsp3) is 0.739. The number of hydrogen-bond donors (Lipinski definition) is 0. The van der Waals surface area contributed by atoms with Crippen molar-refractivity contribution >= 4 is 17.6 Å². The number of unbranched alkanes of at least 4 members (excludes halogenated alkanes) is 1. The van der Waals surface area contributed by atoms with Gasteiger partial charge in [-0.05, 0) is 61.3 Å². The van der Waals surface area contributed by atoms with Crippen LogP contribution in [0.5, 0.6) is 0 Å². The molecule has 30 heavy (non-hydrogen) atoms. The first kappa shape index (κ1) is 17.6. The first-order valence-electron chi connectivity index (χ1n) is 11.8. The molecular formula is C23H29N5O2. The predicted molar refractivity (Wildman–Crippen MR) is 109 cm³/mol. The molecule has 7 heteroatoms. The molecule has 7 fully saturated rings. The van der Waals surface area contributed by atoms with Crippen LogP contribution in [0.1, 0.15) is 19.3 Å². The van der Waals surface area contributed by atoms with E-state index in [0.29, 0.717) is 18.4 Å². The monoisotopic (exact) mass is 407 g/mol. The zero-order valence-electron chi connectivity index (χ0n) is 17.3. The summed E-state index contributed by atoms with van der Waals surface area (Å²) in [5.74, 6) is 5.84. The van der Waals surface area contributed by atoms with Crippen LogP contribution >= 0.6 is 0 Å². The molecule has 1 aromatic heterocycles. The van der Waals surface area contributed by atoms with E-state index in [0.717, 1.165) is 75.1 Å². The Morgan fingerprint density at radius 1 is 0.833 bits per heavy atom. The van der Waals surface area contributed by atoms with Crippen molar-refractivity contribution in [2.24, 2.45) is 47.3 Å². The van der Waals surface area contributed by atoms with Gasteiger partial charge in [0.25, 0.3) is 0 Å². The van der Waals surface area contributed by atoms with Crippen molar-refractivity contribution in [2.45, 2.75) is 19.3 Å². The standard InChI is InChI=1S/C23H29N5O2/c29-22-20-18-14-11-13-16(18)17(13)19(14)21(20)23(30)28(22)6-2-1-5-26-7-9-27(10-8-26)15-12-24-3-4-25-15/h3-4,12-14,16-21H,1-2,5-11H2. The van der Waals surface area contributed by atoms with E-state index in [-0.39, 0.29) is 23.7 Å². The maximum Gasteiger partial charge on any atom is 0.233 e. The number of nitrogens with zero attached hydrogens (tertiary/aromatic N) is 5. The summed E-state index contributed by atoms with van der Waals surface area (Å²) >= 11 is 0. The summed E-state index contributed by atoms with van der Waals surface area (Å²) in [4.78, 5) is 41.1. The molecule has 5 aliphatic carbocycles. The van der Waals surface area contributed by atoms with Gasteiger partial charge in [0.15, 0.2) is 0 Å². The highest BCUT2D eigenvalue weighted by Crippen LogP contribution is 2.84. The van der Waals surface area contributed by atoms with E-state index in [2.05, 4.69) is 19.8 Å². The van der Waals surface area contributed by atoms with Crippen molar-refractivity contribution in [3.05, 3.63) is 18.6 Å². The largest absolute Gasteiger partial charge is 0.353 e. The molecule has 6 atom stereocenters. The third-order valence-electron chi connectivity index (χ3n) is 9.38. The number of carbonyl (C=O) groups excluding carboxylic acids is 2. The Bertz CT molecular complexity index is 849. The Labute approximate surface area is 176 Å². The van der Waals surface area contributed by atoms with Crippen molar-refractivity contribution in [1.82, 2.24) is 19.8 Å². The summed E-state index contributed by atoms with van der Waals surface area (Å²) in [5, 5.41) is 0. The van der Waals surface area contributed by atoms with Crippen LogP contribution < -0.4 is 4.90 Å². The molecule has 2 saturated heterocycles. The first-order chi connectivity index (χ1) is 14.7. The minimum absolute atomic E-state index is 0.0652. The molecular weight excluding hydrogens is 378 g/mol. The SMILES string of the molecule is O=C1C2C(C(=O)N1CCCCN1CCN(c3cnccn3)CC1)C1C3CC4C(C32)C41. The van der Waals surface area contributed by atoms with Crippen LogP contribution in [-0.4, -0.2) is 70.9 Å². The maximum absolute atomic E-state index is 13.1. The van der Waals surface area contributed by atoms with Crippen LogP contribution in [0.4, 0.5) is 5.82 Å². The third-order valence-corrected chi connectivity index (χ3v) is 9.38. The number of aromatic nitrogens is 2. The number of amides is 2. The van der Waals surface area contributed by atoms with E-state index in [9.17, 15) is 9.59 Å². The Hall–Kier alpha value is -2.02. The molecule has 8 rings (SSSR count). The molecule has 6 unspecified atom stereocenters. The average Bonchev–Trinajstić information content (AvgIpc) is 3.17. The molecule has 0 radical (unpaired) electrons. The molecule has 7 aliphatic rings. The molecule has 3 heterocycles. The number of carbonyl (C=O) groups is 2. The number of imide groups is 1. The Kier molecular flexibility index (Phi) is 3.67. The fourth-order valence-corrected chi connectivity index (χ4v) is 8.36. The van der Waals surface area contributed by atoms with Gasteiger partial charge < -0.3 is 4.90 Å². The van der Waals surface area contributed by atoms with E-state index < -0.39 is 0 Å². The molecule has 5 saturated carbocycles. The van der Waals surface area contributed by atoms with Crippen molar-refractivity contribution in [2.75, 3.05) is 44.2 Å². The highest BCUT2D eigenvalue weighted by molar-refractivity contribution is 6.06. The Morgan fingerprint density at radius 3 is 2.13 bits per heavy atom. The lowest BCUT2D eigenvalue weighted by Gasteiger charge is -2.35. The van der Waals surface area contributed by atoms with Gasteiger partial charge >= 0.3 is 0 Å². The van der Waals surface area contributed by atoms with Crippen molar-refractivity contribution in [1.29, 1.82) is 0 Å². The van der Waals surface area contributed by atoms with Crippen LogP contribution in [0.2, 0.25) is 0 Å². The van der Waals surface area contributed by atoms with Gasteiger partial charge in [-0.1, -0.05) is 0 Å². The van der Waals surface area contributed by atoms with E-state index >= 15 is 0 Å². The average molecular weight is 408 g/mol. The minimum Gasteiger partial charge on any atom is -0.353 e. The summed E-state index contributed by atoms with van der Waals surface area (Å²) in [6.07, 6.45) is 8.57. The fourth-order valence-electron chi connectivity index (χ4n) is 8.36. The van der Waals surface area contributed by atoms with Gasteiger partial charge in [-0.3, -0.25) is 24.4 Å². The van der Waals surface area contributed by atoms with E-state index in [1.165, 1.54) is 6.42 Å². The van der Waals surface area contributed by atoms with E-state index in [1.54, 1.807) is 17.3 Å². The summed E-state index contributed by atoms with van der Waals surface area (Å²) < 4.78 is 0. The molecule has 2 aliphatic heterocycles. The number of likely N-dealkylation sites (tertiary alicyclic amines) is 1. The second-order valence-electron chi connectivity index (χ2n) is 10.4. The number of rotatable bonds is 6. The second-order valence-corrected chi connectivity index (χ2v) is 10.4. The molecule has 158 valence electrons. The molecule has 0 spiro atoms. The Balaban J connectivity index is 0.893. The number of piperazine rings is 1. The predicted octanol–water partition coefficient (Wildman–Crippen LogP) is 1.12. The number of hydrogen-bond acceptors (Lipinski definition) is 6.